The van der Waals surface area contributed by atoms with Crippen LogP contribution < -0.4 is 4.90 Å². The fourth-order valence-corrected chi connectivity index (χ4v) is 2.30. The summed E-state index contributed by atoms with van der Waals surface area (Å²) in [7, 11) is 0. The molecule has 0 aliphatic carbocycles. The summed E-state index contributed by atoms with van der Waals surface area (Å²) < 4.78 is 2.00. The minimum atomic E-state index is -1.34. The van der Waals surface area contributed by atoms with Crippen molar-refractivity contribution in [3.63, 3.8) is 0 Å². The lowest BCUT2D eigenvalue weighted by Gasteiger charge is -2.28. The third-order valence-corrected chi connectivity index (χ3v) is 3.36. The summed E-state index contributed by atoms with van der Waals surface area (Å²) in [5.74, 6) is -0.102. The number of nitrogens with zero attached hydrogens (tertiary/aromatic N) is 5. The summed E-state index contributed by atoms with van der Waals surface area (Å²) in [5, 5.41) is 19.9. The molecule has 0 fully saturated rings. The molecule has 108 valence electrons. The zero-order valence-corrected chi connectivity index (χ0v) is 10.8. The Hall–Kier alpha value is -2.97. The summed E-state index contributed by atoms with van der Waals surface area (Å²) in [4.78, 5) is 31.3. The monoisotopic (exact) mass is 289 g/mol. The van der Waals surface area contributed by atoms with E-state index in [0.29, 0.717) is 25.5 Å². The first-order valence-corrected chi connectivity index (χ1v) is 6.19. The molecule has 1 N–H and O–H groups in total. The van der Waals surface area contributed by atoms with Gasteiger partial charge < -0.3 is 14.6 Å². The van der Waals surface area contributed by atoms with E-state index >= 15 is 0 Å². The van der Waals surface area contributed by atoms with Crippen molar-refractivity contribution in [2.75, 3.05) is 11.4 Å². The molecule has 9 nitrogen and oxygen atoms in total. The number of carboxylic acid groups (broad SMARTS) is 1. The molecular formula is C12H11N5O4. The van der Waals surface area contributed by atoms with E-state index in [1.165, 1.54) is 6.07 Å². The van der Waals surface area contributed by atoms with E-state index in [0.717, 1.165) is 12.0 Å². The van der Waals surface area contributed by atoms with Crippen LogP contribution in [0, 0.1) is 10.1 Å². The van der Waals surface area contributed by atoms with E-state index in [2.05, 4.69) is 9.97 Å². The molecule has 0 atom stereocenters. The Balaban J connectivity index is 1.95. The number of imidazole rings is 1. The third kappa shape index (κ3) is 2.29. The van der Waals surface area contributed by atoms with Gasteiger partial charge in [0.2, 0.25) is 0 Å². The highest BCUT2D eigenvalue weighted by molar-refractivity contribution is 5.93. The van der Waals surface area contributed by atoms with E-state index in [-0.39, 0.29) is 5.56 Å². The van der Waals surface area contributed by atoms with Gasteiger partial charge in [0, 0.05) is 31.5 Å². The predicted molar refractivity (Wildman–Crippen MR) is 71.1 cm³/mol. The zero-order chi connectivity index (χ0) is 15.0. The van der Waals surface area contributed by atoms with Crippen molar-refractivity contribution in [1.82, 2.24) is 14.5 Å². The van der Waals surface area contributed by atoms with Gasteiger partial charge in [0.1, 0.15) is 23.4 Å². The Morgan fingerprint density at radius 2 is 2.19 bits per heavy atom. The Kier molecular flexibility index (Phi) is 3.01. The normalized spacial score (nSPS) is 13.8. The Bertz CT molecular complexity index is 726. The standard InChI is InChI=1S/C12H11N5O4/c18-12(19)8-5-10(14-6-9(8)17(20)21)16-4-3-15-2-1-13-11(15)7-16/h1-2,5-6H,3-4,7H2,(H,18,19). The van der Waals surface area contributed by atoms with Crippen LogP contribution >= 0.6 is 0 Å². The van der Waals surface area contributed by atoms with E-state index in [1.54, 1.807) is 6.20 Å². The third-order valence-electron chi connectivity index (χ3n) is 3.36. The number of carbonyl (C=O) groups is 1. The molecule has 9 heteroatoms. The van der Waals surface area contributed by atoms with Crippen molar-refractivity contribution in [2.45, 2.75) is 13.1 Å². The van der Waals surface area contributed by atoms with Crippen LogP contribution in [0.3, 0.4) is 0 Å². The second kappa shape index (κ2) is 4.85. The molecule has 0 spiro atoms. The highest BCUT2D eigenvalue weighted by Crippen LogP contribution is 2.24. The van der Waals surface area contributed by atoms with Crippen LogP contribution in [0.4, 0.5) is 11.5 Å². The minimum Gasteiger partial charge on any atom is -0.477 e. The fourth-order valence-electron chi connectivity index (χ4n) is 2.30. The number of aromatic carboxylic acids is 1. The summed E-state index contributed by atoms with van der Waals surface area (Å²) in [6, 6.07) is 1.24. The van der Waals surface area contributed by atoms with Gasteiger partial charge in [-0.3, -0.25) is 10.1 Å². The number of hydrogen-bond acceptors (Lipinski definition) is 6. The molecule has 2 aromatic heterocycles. The Morgan fingerprint density at radius 1 is 1.38 bits per heavy atom. The number of rotatable bonds is 3. The van der Waals surface area contributed by atoms with Crippen molar-refractivity contribution in [3.8, 4) is 0 Å². The van der Waals surface area contributed by atoms with Crippen molar-refractivity contribution >= 4 is 17.5 Å². The lowest BCUT2D eigenvalue weighted by molar-refractivity contribution is -0.385. The average Bonchev–Trinajstić information content (AvgIpc) is 2.93. The van der Waals surface area contributed by atoms with Gasteiger partial charge in [-0.2, -0.15) is 0 Å². The maximum absolute atomic E-state index is 11.2. The number of pyridine rings is 1. The van der Waals surface area contributed by atoms with Crippen LogP contribution in [-0.4, -0.2) is 37.1 Å². The molecule has 21 heavy (non-hydrogen) atoms. The molecule has 2 aromatic rings. The van der Waals surface area contributed by atoms with Crippen LogP contribution in [0.1, 0.15) is 16.2 Å². The molecule has 3 heterocycles. The molecule has 1 aliphatic heterocycles. The topological polar surface area (TPSA) is 114 Å². The first-order valence-electron chi connectivity index (χ1n) is 6.19. The average molecular weight is 289 g/mol. The summed E-state index contributed by atoms with van der Waals surface area (Å²) in [5.41, 5.74) is -0.872. The number of fused-ring (bicyclic) bond motifs is 1. The number of carboxylic acids is 1. The van der Waals surface area contributed by atoms with Gasteiger partial charge in [-0.25, -0.2) is 14.8 Å². The van der Waals surface area contributed by atoms with Gasteiger partial charge in [0.25, 0.3) is 0 Å². The van der Waals surface area contributed by atoms with Gasteiger partial charge in [-0.15, -0.1) is 0 Å². The molecule has 0 radical (unpaired) electrons. The number of hydrogen-bond donors (Lipinski definition) is 1. The molecule has 0 saturated heterocycles. The number of nitro groups is 1. The predicted octanol–water partition coefficient (Wildman–Crippen LogP) is 0.905. The van der Waals surface area contributed by atoms with E-state index < -0.39 is 16.6 Å². The summed E-state index contributed by atoms with van der Waals surface area (Å²) in [6.07, 6.45) is 4.56. The van der Waals surface area contributed by atoms with Crippen molar-refractivity contribution in [1.29, 1.82) is 0 Å². The first-order chi connectivity index (χ1) is 10.1. The molecule has 0 saturated carbocycles. The van der Waals surface area contributed by atoms with Crippen molar-refractivity contribution < 1.29 is 14.8 Å². The van der Waals surface area contributed by atoms with Crippen molar-refractivity contribution in [3.05, 3.63) is 46.2 Å². The van der Waals surface area contributed by atoms with E-state index in [4.69, 9.17) is 5.11 Å². The molecule has 3 rings (SSSR count). The second-order valence-electron chi connectivity index (χ2n) is 4.58. The maximum Gasteiger partial charge on any atom is 0.342 e. The van der Waals surface area contributed by atoms with Crippen LogP contribution in [0.25, 0.3) is 0 Å². The quantitative estimate of drug-likeness (QED) is 0.659. The van der Waals surface area contributed by atoms with Gasteiger partial charge >= 0.3 is 11.7 Å². The van der Waals surface area contributed by atoms with Crippen LogP contribution in [0.5, 0.6) is 0 Å². The summed E-state index contributed by atoms with van der Waals surface area (Å²) in [6.45, 7) is 1.82. The Labute approximate surface area is 118 Å². The second-order valence-corrected chi connectivity index (χ2v) is 4.58. The summed E-state index contributed by atoms with van der Waals surface area (Å²) >= 11 is 0. The van der Waals surface area contributed by atoms with E-state index in [1.807, 2.05) is 15.7 Å². The molecular weight excluding hydrogens is 278 g/mol. The van der Waals surface area contributed by atoms with Crippen LogP contribution in [-0.2, 0) is 13.1 Å². The lowest BCUT2D eigenvalue weighted by atomic mass is 10.2. The maximum atomic E-state index is 11.2. The largest absolute Gasteiger partial charge is 0.477 e. The smallest absolute Gasteiger partial charge is 0.342 e. The van der Waals surface area contributed by atoms with Gasteiger partial charge in [-0.05, 0) is 0 Å². The van der Waals surface area contributed by atoms with Crippen LogP contribution in [0.15, 0.2) is 24.7 Å². The molecule has 1 aliphatic rings. The molecule has 0 bridgehead atoms. The molecule has 0 aromatic carbocycles. The van der Waals surface area contributed by atoms with Gasteiger partial charge in [-0.1, -0.05) is 0 Å². The van der Waals surface area contributed by atoms with Gasteiger partial charge in [0.15, 0.2) is 0 Å². The van der Waals surface area contributed by atoms with Crippen LogP contribution in [0.2, 0.25) is 0 Å². The fraction of sp³-hybridized carbons (Fsp3) is 0.250. The zero-order valence-electron chi connectivity index (χ0n) is 10.8. The number of anilines is 1. The Morgan fingerprint density at radius 3 is 2.90 bits per heavy atom. The highest BCUT2D eigenvalue weighted by atomic mass is 16.6. The number of aromatic nitrogens is 3. The SMILES string of the molecule is O=C(O)c1cc(N2CCn3ccnc3C2)ncc1[N+](=O)[O-]. The van der Waals surface area contributed by atoms with E-state index in [9.17, 15) is 14.9 Å². The molecule has 0 amide bonds. The van der Waals surface area contributed by atoms with Crippen molar-refractivity contribution in [2.24, 2.45) is 0 Å². The lowest BCUT2D eigenvalue weighted by Crippen LogP contribution is -2.34. The first kappa shape index (κ1) is 13.0. The molecule has 0 unspecified atom stereocenters. The highest BCUT2D eigenvalue weighted by Gasteiger charge is 2.24. The minimum absolute atomic E-state index is 0.362. The van der Waals surface area contributed by atoms with Gasteiger partial charge in [0.05, 0.1) is 11.5 Å².